The third kappa shape index (κ3) is 3.35. The molecule has 0 fully saturated rings. The lowest BCUT2D eigenvalue weighted by Gasteiger charge is -2.18. The van der Waals surface area contributed by atoms with Gasteiger partial charge in [-0.25, -0.2) is 0 Å². The molecule has 2 aromatic rings. The van der Waals surface area contributed by atoms with E-state index in [1.807, 2.05) is 37.3 Å². The van der Waals surface area contributed by atoms with E-state index in [9.17, 15) is 5.11 Å². The van der Waals surface area contributed by atoms with Crippen LogP contribution in [0.3, 0.4) is 0 Å². The molecule has 0 aromatic heterocycles. The van der Waals surface area contributed by atoms with Gasteiger partial charge >= 0.3 is 0 Å². The second-order valence-electron chi connectivity index (χ2n) is 7.30. The van der Waals surface area contributed by atoms with Gasteiger partial charge in [0, 0.05) is 53.0 Å². The van der Waals surface area contributed by atoms with Crippen molar-refractivity contribution < 1.29 is 9.52 Å². The number of hydrogen-bond donors (Lipinski definition) is 2. The second kappa shape index (κ2) is 7.63. The summed E-state index contributed by atoms with van der Waals surface area (Å²) in [5.74, 6) is 1.02. The summed E-state index contributed by atoms with van der Waals surface area (Å²) in [6.45, 7) is 9.81. The topological polar surface area (TPSA) is 57.8 Å². The van der Waals surface area contributed by atoms with Crippen molar-refractivity contribution in [3.8, 4) is 28.2 Å². The number of fused-ring (bicyclic) bond motifs is 2. The average molecular weight is 386 g/mol. The van der Waals surface area contributed by atoms with Crippen LogP contribution in [0.4, 0.5) is 5.69 Å². The normalized spacial score (nSPS) is 12.1. The summed E-state index contributed by atoms with van der Waals surface area (Å²) in [6, 6.07) is 15.8. The van der Waals surface area contributed by atoms with E-state index in [0.29, 0.717) is 0 Å². The summed E-state index contributed by atoms with van der Waals surface area (Å²) in [6.07, 6.45) is 0. The molecule has 0 radical (unpaired) electrons. The van der Waals surface area contributed by atoms with Gasteiger partial charge in [-0.1, -0.05) is 18.2 Å². The Hall–Kier alpha value is -3.27. The maximum Gasteiger partial charge on any atom is 0.137 e. The van der Waals surface area contributed by atoms with Gasteiger partial charge in [0.05, 0.1) is 5.36 Å². The molecule has 1 aliphatic carbocycles. The number of nitrogens with one attached hydrogen (secondary N) is 1. The Balaban J connectivity index is 2.18. The van der Waals surface area contributed by atoms with Gasteiger partial charge in [0.2, 0.25) is 0 Å². The summed E-state index contributed by atoms with van der Waals surface area (Å²) in [5.41, 5.74) is 6.82. The Morgan fingerprint density at radius 1 is 0.966 bits per heavy atom. The van der Waals surface area contributed by atoms with E-state index in [-0.39, 0.29) is 5.75 Å². The molecule has 4 nitrogen and oxygen atoms in total. The van der Waals surface area contributed by atoms with E-state index in [1.165, 1.54) is 0 Å². The minimum absolute atomic E-state index is 0.259. The van der Waals surface area contributed by atoms with Crippen molar-refractivity contribution in [3.63, 3.8) is 0 Å². The molecule has 4 rings (SSSR count). The number of aryl methyl sites for hydroxylation is 2. The molecule has 1 aliphatic heterocycles. The van der Waals surface area contributed by atoms with Crippen LogP contribution >= 0.6 is 0 Å². The summed E-state index contributed by atoms with van der Waals surface area (Å²) in [7, 11) is 0. The Morgan fingerprint density at radius 2 is 1.76 bits per heavy atom. The number of aromatic hydroxyl groups is 1. The predicted molar refractivity (Wildman–Crippen MR) is 120 cm³/mol. The highest BCUT2D eigenvalue weighted by Crippen LogP contribution is 2.44. The third-order valence-corrected chi connectivity index (χ3v) is 5.25. The summed E-state index contributed by atoms with van der Waals surface area (Å²) < 4.78 is 6.35. The number of anilines is 1. The van der Waals surface area contributed by atoms with Crippen LogP contribution in [-0.4, -0.2) is 18.2 Å². The highest BCUT2D eigenvalue weighted by atomic mass is 16.3. The molecule has 0 unspecified atom stereocenters. The zero-order chi connectivity index (χ0) is 20.5. The van der Waals surface area contributed by atoms with Crippen molar-refractivity contribution in [1.29, 1.82) is 0 Å². The lowest BCUT2D eigenvalue weighted by molar-refractivity contribution is 0.477. The standard InChI is InChI=1S/C25H26N2O2/c1-5-26-20-13-23-18(11-15(20)3)25(17-9-7-8-10-22(17)28)19-12-16(4)21(27-6-2)14-24(19)29-23/h7-14,26,28H,5-6H2,1-4H3/b27-21-. The summed E-state index contributed by atoms with van der Waals surface area (Å²) in [4.78, 5) is 4.60. The molecule has 0 saturated heterocycles. The molecule has 0 atom stereocenters. The molecule has 0 amide bonds. The van der Waals surface area contributed by atoms with Gasteiger partial charge < -0.3 is 14.8 Å². The van der Waals surface area contributed by atoms with Crippen molar-refractivity contribution in [2.45, 2.75) is 27.7 Å². The number of phenols is 1. The van der Waals surface area contributed by atoms with Gasteiger partial charge in [0.15, 0.2) is 0 Å². The number of phenolic OH excluding ortho intramolecular Hbond substituents is 1. The molecule has 1 heterocycles. The maximum atomic E-state index is 10.6. The zero-order valence-electron chi connectivity index (χ0n) is 17.3. The van der Waals surface area contributed by atoms with Gasteiger partial charge in [-0.15, -0.1) is 0 Å². The van der Waals surface area contributed by atoms with Crippen molar-refractivity contribution in [1.82, 2.24) is 0 Å². The van der Waals surface area contributed by atoms with Crippen LogP contribution in [-0.2, 0) is 0 Å². The second-order valence-corrected chi connectivity index (χ2v) is 7.30. The van der Waals surface area contributed by atoms with Crippen LogP contribution < -0.4 is 10.7 Å². The van der Waals surface area contributed by atoms with Crippen LogP contribution in [0, 0.1) is 13.8 Å². The first-order valence-electron chi connectivity index (χ1n) is 10.1. The van der Waals surface area contributed by atoms with Crippen molar-refractivity contribution in [2.24, 2.45) is 4.99 Å². The monoisotopic (exact) mass is 386 g/mol. The highest BCUT2D eigenvalue weighted by Gasteiger charge is 2.20. The molecule has 148 valence electrons. The van der Waals surface area contributed by atoms with E-state index >= 15 is 0 Å². The van der Waals surface area contributed by atoms with Crippen molar-refractivity contribution in [2.75, 3.05) is 18.4 Å². The first-order chi connectivity index (χ1) is 14.0. The van der Waals surface area contributed by atoms with Gasteiger partial charge in [0.25, 0.3) is 0 Å². The summed E-state index contributed by atoms with van der Waals surface area (Å²) in [5, 5.41) is 16.0. The quantitative estimate of drug-likeness (QED) is 0.431. The third-order valence-electron chi connectivity index (χ3n) is 5.25. The molecular weight excluding hydrogens is 360 g/mol. The minimum Gasteiger partial charge on any atom is -0.507 e. The van der Waals surface area contributed by atoms with E-state index in [0.717, 1.165) is 68.7 Å². The molecule has 0 bridgehead atoms. The smallest absolute Gasteiger partial charge is 0.137 e. The first-order valence-corrected chi connectivity index (χ1v) is 10.1. The van der Waals surface area contributed by atoms with Crippen LogP contribution in [0.25, 0.3) is 33.4 Å². The van der Waals surface area contributed by atoms with Gasteiger partial charge in [0.1, 0.15) is 17.1 Å². The van der Waals surface area contributed by atoms with Gasteiger partial charge in [-0.3, -0.25) is 4.99 Å². The van der Waals surface area contributed by atoms with Gasteiger partial charge in [-0.05, 0) is 57.0 Å². The Bertz CT molecular complexity index is 1240. The Morgan fingerprint density at radius 3 is 2.48 bits per heavy atom. The van der Waals surface area contributed by atoms with E-state index in [1.54, 1.807) is 6.07 Å². The maximum absolute atomic E-state index is 10.6. The van der Waals surface area contributed by atoms with Crippen LogP contribution in [0.5, 0.6) is 5.75 Å². The fraction of sp³-hybridized carbons (Fsp3) is 0.240. The molecule has 29 heavy (non-hydrogen) atoms. The highest BCUT2D eigenvalue weighted by molar-refractivity contribution is 6.04. The Labute approximate surface area is 170 Å². The molecule has 4 heteroatoms. The van der Waals surface area contributed by atoms with Crippen LogP contribution in [0.15, 0.2) is 57.9 Å². The lowest BCUT2D eigenvalue weighted by Crippen LogP contribution is -2.09. The molecule has 0 spiro atoms. The molecular formula is C25H26N2O2. The molecule has 2 N–H and O–H groups in total. The predicted octanol–water partition coefficient (Wildman–Crippen LogP) is 5.88. The van der Waals surface area contributed by atoms with Crippen molar-refractivity contribution >= 4 is 16.7 Å². The number of hydrogen-bond acceptors (Lipinski definition) is 4. The number of rotatable bonds is 4. The lowest BCUT2D eigenvalue weighted by atomic mass is 9.91. The van der Waals surface area contributed by atoms with E-state index < -0.39 is 0 Å². The van der Waals surface area contributed by atoms with Gasteiger partial charge in [-0.2, -0.15) is 0 Å². The van der Waals surface area contributed by atoms with Crippen LogP contribution in [0.1, 0.15) is 25.0 Å². The summed E-state index contributed by atoms with van der Waals surface area (Å²) >= 11 is 0. The zero-order valence-corrected chi connectivity index (χ0v) is 17.3. The fourth-order valence-corrected chi connectivity index (χ4v) is 3.89. The SMILES string of the molecule is CC/N=c1/cc2oc3cc(NCC)c(C)cc3c(-c3ccccc3O)c-2cc1C. The van der Waals surface area contributed by atoms with E-state index in [2.05, 4.69) is 43.2 Å². The van der Waals surface area contributed by atoms with E-state index in [4.69, 9.17) is 4.42 Å². The largest absolute Gasteiger partial charge is 0.507 e. The van der Waals surface area contributed by atoms with Crippen LogP contribution in [0.2, 0.25) is 0 Å². The average Bonchev–Trinajstić information content (AvgIpc) is 2.69. The van der Waals surface area contributed by atoms with Crippen molar-refractivity contribution in [3.05, 3.63) is 65.0 Å². The minimum atomic E-state index is 0.259. The first kappa shape index (κ1) is 19.1. The molecule has 0 saturated carbocycles. The number of benzene rings is 3. The number of nitrogens with zero attached hydrogens (tertiary/aromatic N) is 1. The molecule has 2 aliphatic rings. The Kier molecular flexibility index (Phi) is 5.01. The molecule has 2 aromatic carbocycles. The number of para-hydroxylation sites is 1. The fourth-order valence-electron chi connectivity index (χ4n) is 3.89.